The zero-order valence-corrected chi connectivity index (χ0v) is 21.8. The summed E-state index contributed by atoms with van der Waals surface area (Å²) in [7, 11) is 0. The smallest absolute Gasteiger partial charge is 0.251 e. The van der Waals surface area contributed by atoms with Gasteiger partial charge in [-0.1, -0.05) is 30.3 Å². The molecule has 0 radical (unpaired) electrons. The number of carbonyl (C=O) groups is 3. The monoisotopic (exact) mass is 570 g/mol. The largest absolute Gasteiger partial charge is 0.488 e. The number of amides is 2. The molecule has 8 nitrogen and oxygen atoms in total. The fourth-order valence-corrected chi connectivity index (χ4v) is 6.15. The highest BCUT2D eigenvalue weighted by atomic mass is 79.9. The minimum Gasteiger partial charge on any atom is -0.488 e. The van der Waals surface area contributed by atoms with Gasteiger partial charge in [-0.2, -0.15) is 5.10 Å². The van der Waals surface area contributed by atoms with Crippen molar-refractivity contribution in [1.29, 1.82) is 0 Å². The Kier molecular flexibility index (Phi) is 5.36. The molecule has 3 aliphatic rings. The Morgan fingerprint density at radius 1 is 1.05 bits per heavy atom. The van der Waals surface area contributed by atoms with Crippen LogP contribution in [0.2, 0.25) is 0 Å². The van der Waals surface area contributed by atoms with Crippen LogP contribution >= 0.6 is 15.9 Å². The summed E-state index contributed by atoms with van der Waals surface area (Å²) in [6.45, 7) is 1.60. The van der Waals surface area contributed by atoms with Crippen LogP contribution in [0.5, 0.6) is 5.75 Å². The molecule has 190 valence electrons. The van der Waals surface area contributed by atoms with Gasteiger partial charge in [0.1, 0.15) is 17.0 Å². The van der Waals surface area contributed by atoms with E-state index in [0.29, 0.717) is 42.1 Å². The zero-order valence-electron chi connectivity index (χ0n) is 20.2. The number of nitrogens with one attached hydrogen (secondary N) is 2. The number of aromatic amines is 1. The molecular formula is C29H23BrN4O4. The lowest BCUT2D eigenvalue weighted by molar-refractivity contribution is -0.130. The van der Waals surface area contributed by atoms with Gasteiger partial charge < -0.3 is 15.0 Å². The quantitative estimate of drug-likeness (QED) is 0.387. The summed E-state index contributed by atoms with van der Waals surface area (Å²) in [5.74, 6) is 0.914. The first-order chi connectivity index (χ1) is 18.5. The molecule has 9 heteroatoms. The van der Waals surface area contributed by atoms with Crippen molar-refractivity contribution in [2.24, 2.45) is 11.8 Å². The molecule has 3 heterocycles. The molecule has 0 spiro atoms. The van der Waals surface area contributed by atoms with E-state index >= 15 is 0 Å². The summed E-state index contributed by atoms with van der Waals surface area (Å²) < 4.78 is 6.61. The number of carbonyl (C=O) groups excluding carboxylic acids is 3. The van der Waals surface area contributed by atoms with Crippen LogP contribution in [0.15, 0.2) is 65.3 Å². The number of rotatable bonds is 4. The van der Waals surface area contributed by atoms with Crippen molar-refractivity contribution in [1.82, 2.24) is 20.4 Å². The van der Waals surface area contributed by atoms with E-state index in [2.05, 4.69) is 31.4 Å². The first-order valence-electron chi connectivity index (χ1n) is 12.6. The Hall–Kier alpha value is -3.98. The third kappa shape index (κ3) is 3.89. The summed E-state index contributed by atoms with van der Waals surface area (Å²) >= 11 is 3.42. The highest BCUT2D eigenvalue weighted by Gasteiger charge is 2.57. The van der Waals surface area contributed by atoms with Crippen LogP contribution in [0.25, 0.3) is 10.9 Å². The first kappa shape index (κ1) is 23.2. The zero-order chi connectivity index (χ0) is 26.0. The number of aromatic nitrogens is 2. The van der Waals surface area contributed by atoms with Crippen LogP contribution < -0.4 is 10.1 Å². The Morgan fingerprint density at radius 2 is 1.87 bits per heavy atom. The molecule has 1 aromatic heterocycles. The molecule has 1 unspecified atom stereocenters. The van der Waals surface area contributed by atoms with Crippen LogP contribution in [-0.2, 0) is 17.8 Å². The van der Waals surface area contributed by atoms with Crippen molar-refractivity contribution in [3.8, 4) is 5.75 Å². The lowest BCUT2D eigenvalue weighted by Gasteiger charge is -2.20. The van der Waals surface area contributed by atoms with Crippen molar-refractivity contribution >= 4 is 44.4 Å². The predicted molar refractivity (Wildman–Crippen MR) is 143 cm³/mol. The molecule has 1 aliphatic carbocycles. The van der Waals surface area contributed by atoms with Crippen molar-refractivity contribution in [3.05, 3.63) is 93.1 Å². The molecule has 4 aromatic rings. The van der Waals surface area contributed by atoms with E-state index in [1.165, 1.54) is 0 Å². The highest BCUT2D eigenvalue weighted by molar-refractivity contribution is 9.10. The number of hydrogen-bond donors (Lipinski definition) is 2. The summed E-state index contributed by atoms with van der Waals surface area (Å²) in [6.07, 6.45) is 0.221. The van der Waals surface area contributed by atoms with E-state index in [-0.39, 0.29) is 41.9 Å². The molecule has 2 aliphatic heterocycles. The van der Waals surface area contributed by atoms with Crippen LogP contribution in [0.3, 0.4) is 0 Å². The average Bonchev–Trinajstić information content (AvgIpc) is 3.23. The van der Waals surface area contributed by atoms with Gasteiger partial charge in [0, 0.05) is 53.0 Å². The molecule has 3 aromatic carbocycles. The number of nitrogens with zero attached hydrogens (tertiary/aromatic N) is 2. The maximum atomic E-state index is 13.1. The average molecular weight is 571 g/mol. The fourth-order valence-electron chi connectivity index (χ4n) is 5.74. The predicted octanol–water partition coefficient (Wildman–Crippen LogP) is 3.88. The Balaban J connectivity index is 0.980. The van der Waals surface area contributed by atoms with Crippen molar-refractivity contribution in [2.45, 2.75) is 19.1 Å². The summed E-state index contributed by atoms with van der Waals surface area (Å²) in [5.41, 5.74) is 4.16. The van der Waals surface area contributed by atoms with Gasteiger partial charge in [0.05, 0.1) is 17.5 Å². The van der Waals surface area contributed by atoms with Gasteiger partial charge in [0.25, 0.3) is 5.91 Å². The SMILES string of the molecule is O=C(NC1[C@H]2CN(C(=O)Cc3ccc4c(c3)C(=O)c3ccccc3CO4)C[C@@H]12)c1ccc2n[nH]c(Br)c2c1. The van der Waals surface area contributed by atoms with Crippen LogP contribution in [0.4, 0.5) is 0 Å². The van der Waals surface area contributed by atoms with Crippen molar-refractivity contribution in [2.75, 3.05) is 13.1 Å². The van der Waals surface area contributed by atoms with Gasteiger partial charge in [-0.3, -0.25) is 19.5 Å². The number of H-pyrrole nitrogens is 1. The summed E-state index contributed by atoms with van der Waals surface area (Å²) in [5, 5.41) is 11.0. The number of halogens is 1. The molecule has 1 saturated heterocycles. The molecule has 38 heavy (non-hydrogen) atoms. The van der Waals surface area contributed by atoms with Gasteiger partial charge in [0.15, 0.2) is 5.78 Å². The van der Waals surface area contributed by atoms with E-state index in [0.717, 1.165) is 26.6 Å². The third-order valence-corrected chi connectivity index (χ3v) is 8.51. The number of piperidine rings is 1. The van der Waals surface area contributed by atoms with Crippen LogP contribution in [-0.4, -0.2) is 51.8 Å². The fraction of sp³-hybridized carbons (Fsp3) is 0.241. The third-order valence-electron chi connectivity index (χ3n) is 7.90. The van der Waals surface area contributed by atoms with E-state index in [4.69, 9.17) is 4.74 Å². The molecule has 2 amide bonds. The number of ketones is 1. The Morgan fingerprint density at radius 3 is 2.71 bits per heavy atom. The Bertz CT molecular complexity index is 1630. The minimum absolute atomic E-state index is 0.0277. The normalized spacial score (nSPS) is 21.2. The van der Waals surface area contributed by atoms with Crippen molar-refractivity contribution < 1.29 is 19.1 Å². The van der Waals surface area contributed by atoms with E-state index in [9.17, 15) is 14.4 Å². The molecule has 2 N–H and O–H groups in total. The maximum Gasteiger partial charge on any atom is 0.251 e. The van der Waals surface area contributed by atoms with Crippen LogP contribution in [0, 0.1) is 11.8 Å². The molecular weight excluding hydrogens is 548 g/mol. The number of benzene rings is 3. The van der Waals surface area contributed by atoms with Gasteiger partial charge in [-0.25, -0.2) is 0 Å². The number of fused-ring (bicyclic) bond motifs is 4. The highest BCUT2D eigenvalue weighted by Crippen LogP contribution is 2.46. The Labute approximate surface area is 226 Å². The molecule has 1 saturated carbocycles. The molecule has 3 atom stereocenters. The van der Waals surface area contributed by atoms with E-state index in [1.807, 2.05) is 47.4 Å². The summed E-state index contributed by atoms with van der Waals surface area (Å²) in [4.78, 5) is 40.9. The second kappa shape index (κ2) is 8.80. The lowest BCUT2D eigenvalue weighted by Crippen LogP contribution is -2.38. The molecule has 0 bridgehead atoms. The standard InChI is InChI=1S/C29H23BrN4O4/c30-28-19-11-16(6-7-23(19)32-33-28)29(37)31-26-21-12-34(13-22(21)26)25(35)10-15-5-8-24-20(9-15)27(36)18-4-2-1-3-17(18)14-38-24/h1-9,11,21-22,26H,10,12-14H2,(H,31,37)(H,32,33)/t21-,22+,26?. The summed E-state index contributed by atoms with van der Waals surface area (Å²) in [6, 6.07) is 18.4. The first-order valence-corrected chi connectivity index (χ1v) is 13.4. The lowest BCUT2D eigenvalue weighted by atomic mass is 9.97. The van der Waals surface area contributed by atoms with E-state index in [1.54, 1.807) is 18.2 Å². The van der Waals surface area contributed by atoms with Gasteiger partial charge in [-0.15, -0.1) is 0 Å². The van der Waals surface area contributed by atoms with Crippen LogP contribution in [0.1, 0.15) is 37.4 Å². The maximum absolute atomic E-state index is 13.1. The number of hydrogen-bond acceptors (Lipinski definition) is 5. The second-order valence-corrected chi connectivity index (χ2v) is 11.0. The molecule has 7 rings (SSSR count). The van der Waals surface area contributed by atoms with E-state index < -0.39 is 0 Å². The topological polar surface area (TPSA) is 104 Å². The number of ether oxygens (including phenoxy) is 1. The second-order valence-electron chi connectivity index (χ2n) is 10.2. The molecule has 2 fully saturated rings. The van der Waals surface area contributed by atoms with Crippen molar-refractivity contribution in [3.63, 3.8) is 0 Å². The van der Waals surface area contributed by atoms with Gasteiger partial charge in [-0.05, 0) is 51.8 Å². The number of likely N-dealkylation sites (tertiary alicyclic amines) is 1. The van der Waals surface area contributed by atoms with Gasteiger partial charge >= 0.3 is 0 Å². The van der Waals surface area contributed by atoms with Gasteiger partial charge in [0.2, 0.25) is 5.91 Å². The minimum atomic E-state index is -0.115.